The highest BCUT2D eigenvalue weighted by Gasteiger charge is 2.10. The van der Waals surface area contributed by atoms with E-state index < -0.39 is 6.61 Å². The Morgan fingerprint density at radius 3 is 2.62 bits per heavy atom. The number of methoxy groups -OCH3 is 1. The number of nitrogens with one attached hydrogen (secondary N) is 1. The molecule has 0 fully saturated rings. The molecule has 0 radical (unpaired) electrons. The lowest BCUT2D eigenvalue weighted by atomic mass is 10.1. The topological polar surface area (TPSA) is 56.3 Å². The average molecular weight is 315 g/mol. The Hall–Kier alpha value is -1.80. The van der Waals surface area contributed by atoms with E-state index in [0.717, 1.165) is 5.56 Å². The molecule has 1 N–H and O–H groups in total. The molecule has 1 aromatic heterocycles. The minimum atomic E-state index is -2.81. The maximum atomic E-state index is 12.1. The van der Waals surface area contributed by atoms with E-state index >= 15 is 0 Å². The van der Waals surface area contributed by atoms with Crippen LogP contribution in [0, 0.1) is 0 Å². The number of hydrogen-bond donors (Lipinski definition) is 1. The lowest BCUT2D eigenvalue weighted by molar-refractivity contribution is -0.0498. The molecule has 5 nitrogen and oxygen atoms in total. The van der Waals surface area contributed by atoms with Crippen molar-refractivity contribution in [2.75, 3.05) is 12.4 Å². The molecule has 0 aliphatic heterocycles. The Bertz CT molecular complexity index is 563. The van der Waals surface area contributed by atoms with Crippen LogP contribution in [0.5, 0.6) is 5.75 Å². The molecule has 0 aliphatic carbocycles. The second-order valence-electron chi connectivity index (χ2n) is 4.26. The molecule has 0 spiro atoms. The molecule has 0 saturated carbocycles. The van der Waals surface area contributed by atoms with Gasteiger partial charge in [-0.05, 0) is 24.6 Å². The van der Waals surface area contributed by atoms with Gasteiger partial charge in [0.25, 0.3) is 0 Å². The maximum absolute atomic E-state index is 12.1. The van der Waals surface area contributed by atoms with Crippen molar-refractivity contribution in [2.45, 2.75) is 26.2 Å². The van der Waals surface area contributed by atoms with Gasteiger partial charge in [0.1, 0.15) is 12.4 Å². The van der Waals surface area contributed by atoms with E-state index in [2.05, 4.69) is 19.4 Å². The summed E-state index contributed by atoms with van der Waals surface area (Å²) in [4.78, 5) is 4.27. The monoisotopic (exact) mass is 315 g/mol. The third kappa shape index (κ3) is 4.61. The number of anilines is 1. The average Bonchev–Trinajstić information content (AvgIpc) is 2.86. The number of ether oxygens (including phenoxy) is 2. The van der Waals surface area contributed by atoms with E-state index in [0.29, 0.717) is 17.6 Å². The lowest BCUT2D eigenvalue weighted by Crippen LogP contribution is -2.07. The standard InChI is InChI=1S/C13H15F2N3O2S/c1-8(16-13-17-11(7-19-2)18-21-13)9-3-5-10(6-4-9)20-12(14)15/h3-6,8,12H,7H2,1-2H3,(H,16,17,18). The summed E-state index contributed by atoms with van der Waals surface area (Å²) in [5, 5.41) is 3.88. The quantitative estimate of drug-likeness (QED) is 0.848. The van der Waals surface area contributed by atoms with E-state index in [9.17, 15) is 8.78 Å². The zero-order valence-corrected chi connectivity index (χ0v) is 12.4. The van der Waals surface area contributed by atoms with Gasteiger partial charge in [-0.2, -0.15) is 13.2 Å². The van der Waals surface area contributed by atoms with Gasteiger partial charge in [0.15, 0.2) is 5.82 Å². The Morgan fingerprint density at radius 2 is 2.00 bits per heavy atom. The molecule has 0 aliphatic rings. The SMILES string of the molecule is COCc1nsc(NC(C)c2ccc(OC(F)F)cc2)n1. The third-order valence-electron chi connectivity index (χ3n) is 2.69. The fraction of sp³-hybridized carbons (Fsp3) is 0.385. The first-order valence-electron chi connectivity index (χ1n) is 6.21. The van der Waals surface area contributed by atoms with Crippen molar-refractivity contribution in [3.05, 3.63) is 35.7 Å². The predicted molar refractivity (Wildman–Crippen MR) is 75.7 cm³/mol. The van der Waals surface area contributed by atoms with Crippen LogP contribution in [0.1, 0.15) is 24.4 Å². The molecule has 1 heterocycles. The van der Waals surface area contributed by atoms with Gasteiger partial charge in [-0.1, -0.05) is 12.1 Å². The lowest BCUT2D eigenvalue weighted by Gasteiger charge is -2.13. The second-order valence-corrected chi connectivity index (χ2v) is 5.01. The Balaban J connectivity index is 1.97. The van der Waals surface area contributed by atoms with Crippen LogP contribution in [-0.2, 0) is 11.3 Å². The minimum absolute atomic E-state index is 0.0334. The fourth-order valence-corrected chi connectivity index (χ4v) is 2.37. The smallest absolute Gasteiger partial charge is 0.387 e. The van der Waals surface area contributed by atoms with Crippen LogP contribution in [0.15, 0.2) is 24.3 Å². The third-order valence-corrected chi connectivity index (χ3v) is 3.37. The van der Waals surface area contributed by atoms with E-state index in [4.69, 9.17) is 4.74 Å². The van der Waals surface area contributed by atoms with E-state index in [-0.39, 0.29) is 11.8 Å². The molecule has 8 heteroatoms. The number of benzene rings is 1. The Morgan fingerprint density at radius 1 is 1.29 bits per heavy atom. The van der Waals surface area contributed by atoms with Crippen LogP contribution in [0.4, 0.5) is 13.9 Å². The molecule has 114 valence electrons. The summed E-state index contributed by atoms with van der Waals surface area (Å²) in [5.74, 6) is 0.761. The highest BCUT2D eigenvalue weighted by molar-refractivity contribution is 7.09. The predicted octanol–water partition coefficient (Wildman–Crippen LogP) is 3.46. The minimum Gasteiger partial charge on any atom is -0.435 e. The summed E-state index contributed by atoms with van der Waals surface area (Å²) in [6.07, 6.45) is 0. The summed E-state index contributed by atoms with van der Waals surface area (Å²) >= 11 is 1.25. The van der Waals surface area contributed by atoms with E-state index in [1.807, 2.05) is 6.92 Å². The fourth-order valence-electron chi connectivity index (χ4n) is 1.71. The highest BCUT2D eigenvalue weighted by Crippen LogP contribution is 2.23. The Labute approximate surface area is 125 Å². The second kappa shape index (κ2) is 7.28. The molecule has 0 saturated heterocycles. The van der Waals surface area contributed by atoms with Gasteiger partial charge >= 0.3 is 6.61 Å². The molecule has 0 amide bonds. The van der Waals surface area contributed by atoms with Crippen LogP contribution in [0.2, 0.25) is 0 Å². The highest BCUT2D eigenvalue weighted by atomic mass is 32.1. The van der Waals surface area contributed by atoms with Crippen molar-refractivity contribution >= 4 is 16.7 Å². The van der Waals surface area contributed by atoms with Crippen molar-refractivity contribution in [2.24, 2.45) is 0 Å². The number of hydrogen-bond acceptors (Lipinski definition) is 6. The van der Waals surface area contributed by atoms with Gasteiger partial charge in [-0.15, -0.1) is 0 Å². The zero-order chi connectivity index (χ0) is 15.2. The first kappa shape index (κ1) is 15.6. The van der Waals surface area contributed by atoms with Crippen molar-refractivity contribution in [1.82, 2.24) is 9.36 Å². The van der Waals surface area contributed by atoms with Crippen LogP contribution >= 0.6 is 11.5 Å². The van der Waals surface area contributed by atoms with Crippen molar-refractivity contribution < 1.29 is 18.3 Å². The number of nitrogens with zero attached hydrogens (tertiary/aromatic N) is 2. The number of halogens is 2. The van der Waals surface area contributed by atoms with Gasteiger partial charge in [0, 0.05) is 18.6 Å². The molecule has 0 bridgehead atoms. The van der Waals surface area contributed by atoms with Crippen LogP contribution in [0.3, 0.4) is 0 Å². The number of alkyl halides is 2. The first-order valence-corrected chi connectivity index (χ1v) is 6.98. The van der Waals surface area contributed by atoms with Gasteiger partial charge in [0.05, 0.1) is 6.04 Å². The largest absolute Gasteiger partial charge is 0.435 e. The number of rotatable bonds is 7. The molecule has 1 atom stereocenters. The van der Waals surface area contributed by atoms with Crippen LogP contribution in [0.25, 0.3) is 0 Å². The summed E-state index contributed by atoms with van der Waals surface area (Å²) in [6, 6.07) is 6.44. The maximum Gasteiger partial charge on any atom is 0.387 e. The van der Waals surface area contributed by atoms with Crippen molar-refractivity contribution in [3.63, 3.8) is 0 Å². The Kier molecular flexibility index (Phi) is 5.40. The summed E-state index contributed by atoms with van der Waals surface area (Å²) in [7, 11) is 1.58. The van der Waals surface area contributed by atoms with Crippen LogP contribution < -0.4 is 10.1 Å². The van der Waals surface area contributed by atoms with Gasteiger partial charge < -0.3 is 14.8 Å². The summed E-state index contributed by atoms with van der Waals surface area (Å²) in [5.41, 5.74) is 0.931. The molecular weight excluding hydrogens is 300 g/mol. The van der Waals surface area contributed by atoms with E-state index in [1.165, 1.54) is 23.7 Å². The van der Waals surface area contributed by atoms with E-state index in [1.54, 1.807) is 19.2 Å². The summed E-state index contributed by atoms with van der Waals surface area (Å²) in [6.45, 7) is -0.501. The molecule has 2 aromatic rings. The molecule has 2 rings (SSSR count). The number of aromatic nitrogens is 2. The first-order chi connectivity index (χ1) is 10.1. The van der Waals surface area contributed by atoms with Gasteiger partial charge in [-0.25, -0.2) is 4.98 Å². The molecule has 21 heavy (non-hydrogen) atoms. The zero-order valence-electron chi connectivity index (χ0n) is 11.5. The van der Waals surface area contributed by atoms with Crippen LogP contribution in [-0.4, -0.2) is 23.1 Å². The molecule has 1 aromatic carbocycles. The van der Waals surface area contributed by atoms with Gasteiger partial charge in [0.2, 0.25) is 5.13 Å². The van der Waals surface area contributed by atoms with Gasteiger partial charge in [-0.3, -0.25) is 0 Å². The summed E-state index contributed by atoms with van der Waals surface area (Å²) < 4.78 is 37.6. The normalized spacial score (nSPS) is 12.4. The molecular formula is C13H15F2N3O2S. The molecule has 1 unspecified atom stereocenters. The van der Waals surface area contributed by atoms with Crippen molar-refractivity contribution in [1.29, 1.82) is 0 Å². The van der Waals surface area contributed by atoms with Crippen molar-refractivity contribution in [3.8, 4) is 5.75 Å².